The van der Waals surface area contributed by atoms with Gasteiger partial charge in [0, 0.05) is 22.2 Å². The lowest BCUT2D eigenvalue weighted by Gasteiger charge is -2.12. The van der Waals surface area contributed by atoms with Crippen molar-refractivity contribution in [1.29, 1.82) is 0 Å². The van der Waals surface area contributed by atoms with Gasteiger partial charge in [-0.25, -0.2) is 9.18 Å². The molecule has 0 unspecified atom stereocenters. The van der Waals surface area contributed by atoms with Crippen LogP contribution in [0.15, 0.2) is 18.2 Å². The first kappa shape index (κ1) is 14.7. The molecular weight excluding hydrogens is 380 g/mol. The molecule has 0 aliphatic carbocycles. The zero-order chi connectivity index (χ0) is 14.7. The van der Waals surface area contributed by atoms with E-state index in [9.17, 15) is 18.8 Å². The van der Waals surface area contributed by atoms with E-state index >= 15 is 0 Å². The maximum atomic E-state index is 13.3. The number of rotatable bonds is 4. The summed E-state index contributed by atoms with van der Waals surface area (Å²) in [6.45, 7) is 0.184. The highest BCUT2D eigenvalue weighted by Gasteiger charge is 2.27. The highest BCUT2D eigenvalue weighted by Crippen LogP contribution is 2.12. The Kier molecular flexibility index (Phi) is 4.53. The molecule has 106 valence electrons. The molecule has 0 spiro atoms. The number of hydrogen-bond acceptors (Lipinski definition) is 3. The summed E-state index contributed by atoms with van der Waals surface area (Å²) in [5.41, 5.74) is 0.195. The molecule has 0 atom stereocenters. The second kappa shape index (κ2) is 6.16. The highest BCUT2D eigenvalue weighted by atomic mass is 127. The van der Waals surface area contributed by atoms with E-state index in [1.807, 2.05) is 22.6 Å². The summed E-state index contributed by atoms with van der Waals surface area (Å²) in [6.07, 6.45) is 0. The quantitative estimate of drug-likeness (QED) is 0.587. The van der Waals surface area contributed by atoms with Crippen LogP contribution in [0.4, 0.5) is 9.18 Å². The van der Waals surface area contributed by atoms with Crippen molar-refractivity contribution in [2.75, 3.05) is 19.6 Å². The monoisotopic (exact) mass is 391 g/mol. The van der Waals surface area contributed by atoms with Crippen molar-refractivity contribution in [1.82, 2.24) is 15.5 Å². The van der Waals surface area contributed by atoms with E-state index in [4.69, 9.17) is 0 Å². The van der Waals surface area contributed by atoms with Gasteiger partial charge in [-0.15, -0.1) is 0 Å². The molecule has 1 heterocycles. The first-order chi connectivity index (χ1) is 9.49. The van der Waals surface area contributed by atoms with Gasteiger partial charge >= 0.3 is 6.03 Å². The zero-order valence-corrected chi connectivity index (χ0v) is 12.4. The van der Waals surface area contributed by atoms with E-state index < -0.39 is 17.8 Å². The minimum Gasteiger partial charge on any atom is -0.350 e. The Morgan fingerprint density at radius 3 is 2.80 bits per heavy atom. The molecule has 4 amide bonds. The van der Waals surface area contributed by atoms with Gasteiger partial charge in [-0.05, 0) is 40.8 Å². The van der Waals surface area contributed by atoms with Crippen LogP contribution in [0, 0.1) is 9.39 Å². The van der Waals surface area contributed by atoms with Crippen LogP contribution in [0.5, 0.6) is 0 Å². The van der Waals surface area contributed by atoms with Crippen molar-refractivity contribution < 1.29 is 18.8 Å². The van der Waals surface area contributed by atoms with Crippen LogP contribution in [0.3, 0.4) is 0 Å². The lowest BCUT2D eigenvalue weighted by molar-refractivity contribution is -0.124. The molecule has 0 aromatic heterocycles. The minimum atomic E-state index is -0.468. The molecule has 1 aromatic rings. The number of hydrogen-bond donors (Lipinski definition) is 2. The van der Waals surface area contributed by atoms with Crippen molar-refractivity contribution >= 4 is 40.4 Å². The average Bonchev–Trinajstić information content (AvgIpc) is 2.73. The molecule has 0 saturated carbocycles. The van der Waals surface area contributed by atoms with E-state index in [0.29, 0.717) is 3.57 Å². The van der Waals surface area contributed by atoms with Gasteiger partial charge in [0.15, 0.2) is 0 Å². The molecule has 1 saturated heterocycles. The van der Waals surface area contributed by atoms with Gasteiger partial charge in [0.25, 0.3) is 5.91 Å². The normalized spacial score (nSPS) is 14.4. The standard InChI is InChI=1S/C12H11FIN3O3/c13-8-5-7(1-2-9(8)14)11(19)15-3-4-17-10(18)6-16-12(17)20/h1-2,5H,3-4,6H2,(H,15,19)(H,16,20). The Bertz CT molecular complexity index is 563. The van der Waals surface area contributed by atoms with Crippen LogP contribution < -0.4 is 10.6 Å². The molecule has 0 bridgehead atoms. The van der Waals surface area contributed by atoms with Crippen molar-refractivity contribution in [3.63, 3.8) is 0 Å². The van der Waals surface area contributed by atoms with Crippen LogP contribution in [0.2, 0.25) is 0 Å². The van der Waals surface area contributed by atoms with E-state index in [2.05, 4.69) is 10.6 Å². The van der Waals surface area contributed by atoms with Crippen LogP contribution >= 0.6 is 22.6 Å². The zero-order valence-electron chi connectivity index (χ0n) is 10.3. The van der Waals surface area contributed by atoms with E-state index in [-0.39, 0.29) is 31.1 Å². The molecule has 0 radical (unpaired) electrons. The highest BCUT2D eigenvalue weighted by molar-refractivity contribution is 14.1. The fraction of sp³-hybridized carbons (Fsp3) is 0.250. The molecular formula is C12H11FIN3O3. The van der Waals surface area contributed by atoms with Crippen molar-refractivity contribution in [3.8, 4) is 0 Å². The Labute approximate surface area is 127 Å². The summed E-state index contributed by atoms with van der Waals surface area (Å²) >= 11 is 1.83. The topological polar surface area (TPSA) is 78.5 Å². The molecule has 1 fully saturated rings. The number of halogens is 2. The fourth-order valence-corrected chi connectivity index (χ4v) is 2.04. The Balaban J connectivity index is 1.87. The Morgan fingerprint density at radius 2 is 2.20 bits per heavy atom. The summed E-state index contributed by atoms with van der Waals surface area (Å²) < 4.78 is 13.7. The summed E-state index contributed by atoms with van der Waals surface area (Å²) in [6, 6.07) is 3.69. The lowest BCUT2D eigenvalue weighted by atomic mass is 10.2. The third-order valence-electron chi connectivity index (χ3n) is 2.74. The smallest absolute Gasteiger partial charge is 0.324 e. The first-order valence-corrected chi connectivity index (χ1v) is 6.88. The van der Waals surface area contributed by atoms with Crippen LogP contribution in [-0.2, 0) is 4.79 Å². The second-order valence-corrected chi connectivity index (χ2v) is 5.25. The lowest BCUT2D eigenvalue weighted by Crippen LogP contribution is -2.38. The molecule has 2 rings (SSSR count). The average molecular weight is 391 g/mol. The largest absolute Gasteiger partial charge is 0.350 e. The Morgan fingerprint density at radius 1 is 1.45 bits per heavy atom. The number of imide groups is 1. The molecule has 20 heavy (non-hydrogen) atoms. The predicted molar refractivity (Wildman–Crippen MR) is 76.6 cm³/mol. The van der Waals surface area contributed by atoms with Crippen molar-refractivity contribution in [3.05, 3.63) is 33.1 Å². The third-order valence-corrected chi connectivity index (χ3v) is 3.61. The first-order valence-electron chi connectivity index (χ1n) is 5.80. The summed E-state index contributed by atoms with van der Waals surface area (Å²) in [7, 11) is 0. The van der Waals surface area contributed by atoms with Gasteiger partial charge in [0.2, 0.25) is 5.91 Å². The number of benzene rings is 1. The maximum absolute atomic E-state index is 13.3. The molecule has 8 heteroatoms. The molecule has 6 nitrogen and oxygen atoms in total. The number of carbonyl (C=O) groups excluding carboxylic acids is 3. The molecule has 1 aliphatic rings. The number of nitrogens with one attached hydrogen (secondary N) is 2. The van der Waals surface area contributed by atoms with Crippen LogP contribution in [0.1, 0.15) is 10.4 Å². The Hall–Kier alpha value is -1.71. The molecule has 1 aromatic carbocycles. The fourth-order valence-electron chi connectivity index (χ4n) is 1.70. The number of carbonyl (C=O) groups is 3. The van der Waals surface area contributed by atoms with E-state index in [1.54, 1.807) is 0 Å². The number of amides is 4. The van der Waals surface area contributed by atoms with Crippen molar-refractivity contribution in [2.24, 2.45) is 0 Å². The second-order valence-electron chi connectivity index (χ2n) is 4.09. The summed E-state index contributed by atoms with van der Waals surface area (Å²) in [5.74, 6) is -1.25. The van der Waals surface area contributed by atoms with E-state index in [0.717, 1.165) is 11.0 Å². The molecule has 1 aliphatic heterocycles. The van der Waals surface area contributed by atoms with Gasteiger partial charge in [-0.1, -0.05) is 0 Å². The summed E-state index contributed by atoms with van der Waals surface area (Å²) in [5, 5.41) is 4.91. The maximum Gasteiger partial charge on any atom is 0.324 e. The van der Waals surface area contributed by atoms with Gasteiger partial charge in [0.1, 0.15) is 5.82 Å². The number of nitrogens with zero attached hydrogens (tertiary/aromatic N) is 1. The number of urea groups is 1. The summed E-state index contributed by atoms with van der Waals surface area (Å²) in [4.78, 5) is 35.3. The SMILES string of the molecule is O=C(NCCN1C(=O)CNC1=O)c1ccc(I)c(F)c1. The predicted octanol–water partition coefficient (Wildman–Crippen LogP) is 0.712. The van der Waals surface area contributed by atoms with Gasteiger partial charge in [-0.2, -0.15) is 0 Å². The van der Waals surface area contributed by atoms with Crippen LogP contribution in [-0.4, -0.2) is 42.4 Å². The van der Waals surface area contributed by atoms with Crippen molar-refractivity contribution in [2.45, 2.75) is 0 Å². The van der Waals surface area contributed by atoms with Gasteiger partial charge < -0.3 is 10.6 Å². The van der Waals surface area contributed by atoms with E-state index in [1.165, 1.54) is 12.1 Å². The minimum absolute atomic E-state index is 0.0187. The molecule has 2 N–H and O–H groups in total. The van der Waals surface area contributed by atoms with Gasteiger partial charge in [-0.3, -0.25) is 14.5 Å². The third kappa shape index (κ3) is 3.24. The van der Waals surface area contributed by atoms with Crippen LogP contribution in [0.25, 0.3) is 0 Å². The van der Waals surface area contributed by atoms with Gasteiger partial charge in [0.05, 0.1) is 6.54 Å².